The van der Waals surface area contributed by atoms with Crippen LogP contribution in [-0.2, 0) is 19.5 Å². The second kappa shape index (κ2) is 5.88. The summed E-state index contributed by atoms with van der Waals surface area (Å²) in [4.78, 5) is 4.06. The van der Waals surface area contributed by atoms with E-state index in [1.807, 2.05) is 19.4 Å². The van der Waals surface area contributed by atoms with E-state index in [1.165, 1.54) is 22.0 Å². The lowest BCUT2D eigenvalue weighted by molar-refractivity contribution is 0.714. The number of nitrogens with one attached hydrogen (secondary N) is 1. The number of benzene rings is 1. The van der Waals surface area contributed by atoms with Crippen molar-refractivity contribution in [1.82, 2.24) is 14.9 Å². The van der Waals surface area contributed by atoms with Crippen molar-refractivity contribution in [1.29, 1.82) is 0 Å². The molecular formula is C17H19N3. The van der Waals surface area contributed by atoms with Gasteiger partial charge >= 0.3 is 0 Å². The Kier molecular flexibility index (Phi) is 3.79. The summed E-state index contributed by atoms with van der Waals surface area (Å²) in [5.74, 6) is 0. The molecule has 3 heteroatoms. The van der Waals surface area contributed by atoms with Gasteiger partial charge in [-0.3, -0.25) is 4.98 Å². The zero-order valence-electron chi connectivity index (χ0n) is 11.7. The standard InChI is InChI=1S/C17H19N3/c1-18-12-15-13-20(17-5-3-2-4-16(15)17)11-8-14-6-9-19-10-7-14/h2-7,9-10,13,18H,8,11-12H2,1H3. The van der Waals surface area contributed by atoms with E-state index in [9.17, 15) is 0 Å². The molecule has 0 aliphatic heterocycles. The van der Waals surface area contributed by atoms with E-state index in [4.69, 9.17) is 0 Å². The van der Waals surface area contributed by atoms with E-state index in [1.54, 1.807) is 0 Å². The predicted molar refractivity (Wildman–Crippen MR) is 82.6 cm³/mol. The van der Waals surface area contributed by atoms with Gasteiger partial charge in [-0.2, -0.15) is 0 Å². The molecule has 1 aromatic carbocycles. The van der Waals surface area contributed by atoms with Gasteiger partial charge in [-0.15, -0.1) is 0 Å². The summed E-state index contributed by atoms with van der Waals surface area (Å²) in [7, 11) is 1.99. The Labute approximate surface area is 119 Å². The second-order valence-electron chi connectivity index (χ2n) is 5.00. The molecule has 2 heterocycles. The Balaban J connectivity index is 1.87. The van der Waals surface area contributed by atoms with Crippen molar-refractivity contribution in [3.63, 3.8) is 0 Å². The number of pyridine rings is 1. The fourth-order valence-corrected chi connectivity index (χ4v) is 2.64. The molecule has 0 saturated carbocycles. The first-order valence-electron chi connectivity index (χ1n) is 6.99. The smallest absolute Gasteiger partial charge is 0.0483 e. The lowest BCUT2D eigenvalue weighted by atomic mass is 10.2. The monoisotopic (exact) mass is 265 g/mol. The van der Waals surface area contributed by atoms with Gasteiger partial charge in [0.25, 0.3) is 0 Å². The molecule has 0 atom stereocenters. The minimum absolute atomic E-state index is 0.906. The maximum absolute atomic E-state index is 4.06. The SMILES string of the molecule is CNCc1cn(CCc2ccncc2)c2ccccc12. The van der Waals surface area contributed by atoms with E-state index in [-0.39, 0.29) is 0 Å². The van der Waals surface area contributed by atoms with Gasteiger partial charge < -0.3 is 9.88 Å². The molecular weight excluding hydrogens is 246 g/mol. The van der Waals surface area contributed by atoms with Gasteiger partial charge in [-0.25, -0.2) is 0 Å². The Morgan fingerprint density at radius 1 is 1.10 bits per heavy atom. The molecule has 102 valence electrons. The molecule has 0 spiro atoms. The van der Waals surface area contributed by atoms with E-state index in [0.717, 1.165) is 19.5 Å². The van der Waals surface area contributed by atoms with Gasteiger partial charge in [-0.05, 0) is 42.8 Å². The fourth-order valence-electron chi connectivity index (χ4n) is 2.64. The molecule has 3 aromatic rings. The number of hydrogen-bond donors (Lipinski definition) is 1. The normalized spacial score (nSPS) is 11.1. The molecule has 1 N–H and O–H groups in total. The summed E-state index contributed by atoms with van der Waals surface area (Å²) in [5.41, 5.74) is 4.00. The minimum Gasteiger partial charge on any atom is -0.347 e. The third-order valence-electron chi connectivity index (χ3n) is 3.63. The van der Waals surface area contributed by atoms with Crippen LogP contribution in [0.5, 0.6) is 0 Å². The first-order chi connectivity index (χ1) is 9.88. The van der Waals surface area contributed by atoms with Gasteiger partial charge in [0.05, 0.1) is 0 Å². The molecule has 0 aliphatic rings. The number of hydrogen-bond acceptors (Lipinski definition) is 2. The average molecular weight is 265 g/mol. The summed E-state index contributed by atoms with van der Waals surface area (Å²) in [6.45, 7) is 1.90. The first-order valence-corrected chi connectivity index (χ1v) is 6.99. The lowest BCUT2D eigenvalue weighted by Gasteiger charge is -2.05. The van der Waals surface area contributed by atoms with Crippen LogP contribution in [0.4, 0.5) is 0 Å². The highest BCUT2D eigenvalue weighted by atomic mass is 15.0. The van der Waals surface area contributed by atoms with Crippen molar-refractivity contribution < 1.29 is 0 Å². The Bertz CT molecular complexity index is 686. The van der Waals surface area contributed by atoms with Gasteiger partial charge in [-0.1, -0.05) is 18.2 Å². The summed E-state index contributed by atoms with van der Waals surface area (Å²) < 4.78 is 2.35. The van der Waals surface area contributed by atoms with Crippen LogP contribution in [0.1, 0.15) is 11.1 Å². The lowest BCUT2D eigenvalue weighted by Crippen LogP contribution is -2.04. The highest BCUT2D eigenvalue weighted by molar-refractivity contribution is 5.83. The van der Waals surface area contributed by atoms with Crippen LogP contribution in [-0.4, -0.2) is 16.6 Å². The van der Waals surface area contributed by atoms with Crippen molar-refractivity contribution in [3.8, 4) is 0 Å². The number of aryl methyl sites for hydroxylation is 2. The van der Waals surface area contributed by atoms with Crippen molar-refractivity contribution in [2.45, 2.75) is 19.5 Å². The van der Waals surface area contributed by atoms with Gasteiger partial charge in [0.15, 0.2) is 0 Å². The van der Waals surface area contributed by atoms with Gasteiger partial charge in [0.1, 0.15) is 0 Å². The topological polar surface area (TPSA) is 29.9 Å². The molecule has 0 aliphatic carbocycles. The molecule has 2 aromatic heterocycles. The average Bonchev–Trinajstić information content (AvgIpc) is 2.85. The van der Waals surface area contributed by atoms with Crippen LogP contribution in [0.3, 0.4) is 0 Å². The Hall–Kier alpha value is -2.13. The number of nitrogens with zero attached hydrogens (tertiary/aromatic N) is 2. The van der Waals surface area contributed by atoms with Crippen LogP contribution in [0.15, 0.2) is 55.0 Å². The van der Waals surface area contributed by atoms with Crippen molar-refractivity contribution in [3.05, 3.63) is 66.1 Å². The highest BCUT2D eigenvalue weighted by Gasteiger charge is 2.07. The molecule has 0 saturated heterocycles. The van der Waals surface area contributed by atoms with E-state index >= 15 is 0 Å². The molecule has 0 amide bonds. The third-order valence-corrected chi connectivity index (χ3v) is 3.63. The zero-order valence-corrected chi connectivity index (χ0v) is 11.7. The molecule has 0 bridgehead atoms. The summed E-state index contributed by atoms with van der Waals surface area (Å²) in [6, 6.07) is 12.8. The molecule has 0 radical (unpaired) electrons. The largest absolute Gasteiger partial charge is 0.347 e. The maximum Gasteiger partial charge on any atom is 0.0483 e. The van der Waals surface area contributed by atoms with Gasteiger partial charge in [0.2, 0.25) is 0 Å². The molecule has 3 rings (SSSR count). The zero-order chi connectivity index (χ0) is 13.8. The molecule has 0 fully saturated rings. The third kappa shape index (κ3) is 2.58. The first kappa shape index (κ1) is 12.9. The summed E-state index contributed by atoms with van der Waals surface area (Å²) in [5, 5.41) is 4.59. The molecule has 3 nitrogen and oxygen atoms in total. The van der Waals surface area contributed by atoms with Crippen molar-refractivity contribution in [2.24, 2.45) is 0 Å². The predicted octanol–water partition coefficient (Wildman–Crippen LogP) is 3.00. The fraction of sp³-hybridized carbons (Fsp3) is 0.235. The number of aromatic nitrogens is 2. The van der Waals surface area contributed by atoms with Crippen LogP contribution in [0.2, 0.25) is 0 Å². The van der Waals surface area contributed by atoms with E-state index in [2.05, 4.69) is 57.5 Å². The van der Waals surface area contributed by atoms with Crippen molar-refractivity contribution in [2.75, 3.05) is 7.05 Å². The number of para-hydroxylation sites is 1. The van der Waals surface area contributed by atoms with E-state index in [0.29, 0.717) is 0 Å². The number of fused-ring (bicyclic) bond motifs is 1. The Morgan fingerprint density at radius 2 is 1.90 bits per heavy atom. The van der Waals surface area contributed by atoms with Gasteiger partial charge in [0, 0.05) is 42.6 Å². The van der Waals surface area contributed by atoms with Crippen molar-refractivity contribution >= 4 is 10.9 Å². The van der Waals surface area contributed by atoms with Crippen LogP contribution in [0.25, 0.3) is 10.9 Å². The van der Waals surface area contributed by atoms with Crippen LogP contribution in [0, 0.1) is 0 Å². The van der Waals surface area contributed by atoms with Crippen LogP contribution < -0.4 is 5.32 Å². The molecule has 20 heavy (non-hydrogen) atoms. The number of rotatable bonds is 5. The highest BCUT2D eigenvalue weighted by Crippen LogP contribution is 2.21. The maximum atomic E-state index is 4.06. The minimum atomic E-state index is 0.906. The summed E-state index contributed by atoms with van der Waals surface area (Å²) in [6.07, 6.45) is 7.01. The quantitative estimate of drug-likeness (QED) is 0.768. The van der Waals surface area contributed by atoms with E-state index < -0.39 is 0 Å². The van der Waals surface area contributed by atoms with Crippen LogP contribution >= 0.6 is 0 Å². The second-order valence-corrected chi connectivity index (χ2v) is 5.00. The summed E-state index contributed by atoms with van der Waals surface area (Å²) >= 11 is 0. The Morgan fingerprint density at radius 3 is 2.70 bits per heavy atom. The molecule has 0 unspecified atom stereocenters.